The van der Waals surface area contributed by atoms with E-state index < -0.39 is 68.4 Å². The third-order valence-electron chi connectivity index (χ3n) is 8.72. The molecule has 0 aromatic heterocycles. The zero-order chi connectivity index (χ0) is 49.4. The molecule has 0 saturated carbocycles. The summed E-state index contributed by atoms with van der Waals surface area (Å²) < 4.78 is 94.1. The van der Waals surface area contributed by atoms with Gasteiger partial charge in [-0.15, -0.1) is 0 Å². The smallest absolute Gasteiger partial charge is 0.410 e. The van der Waals surface area contributed by atoms with Gasteiger partial charge in [0.2, 0.25) is 0 Å². The summed E-state index contributed by atoms with van der Waals surface area (Å²) >= 11 is 0. The molecule has 4 saturated heterocycles. The molecule has 24 nitrogen and oxygen atoms in total. The maximum Gasteiger partial charge on any atom is 0.410 e. The summed E-state index contributed by atoms with van der Waals surface area (Å²) in [6.07, 6.45) is 3.98. The summed E-state index contributed by atoms with van der Waals surface area (Å²) in [5.74, 6) is -1.11. The van der Waals surface area contributed by atoms with Gasteiger partial charge in [-0.3, -0.25) is 8.98 Å². The van der Waals surface area contributed by atoms with Gasteiger partial charge in [0.05, 0.1) is 51.9 Å². The number of carbonyl (C=O) groups is 4. The molecule has 2 amide bonds. The van der Waals surface area contributed by atoms with Crippen LogP contribution in [0.3, 0.4) is 0 Å². The molecular weight excluding hydrogens is 907 g/mol. The van der Waals surface area contributed by atoms with E-state index in [9.17, 15) is 41.1 Å². The molecule has 1 N–H and O–H groups in total. The molecular formula is C39H71N5O19S2. The fraction of sp³-hybridized carbons (Fsp3) is 0.897. The summed E-state index contributed by atoms with van der Waals surface area (Å²) in [6.45, 7) is 13.9. The number of likely N-dealkylation sites (tertiary alicyclic amines) is 2. The van der Waals surface area contributed by atoms with Crippen molar-refractivity contribution in [1.82, 2.24) is 9.80 Å². The Hall–Kier alpha value is -3.59. The average molecular weight is 978 g/mol. The van der Waals surface area contributed by atoms with E-state index in [0.29, 0.717) is 65.1 Å². The van der Waals surface area contributed by atoms with Gasteiger partial charge in [0, 0.05) is 50.7 Å². The molecule has 0 aromatic carbocycles. The zero-order valence-corrected chi connectivity index (χ0v) is 41.0. The fourth-order valence-corrected chi connectivity index (χ4v) is 6.74. The predicted molar refractivity (Wildman–Crippen MR) is 231 cm³/mol. The van der Waals surface area contributed by atoms with Gasteiger partial charge in [-0.1, -0.05) is 5.11 Å². The lowest BCUT2D eigenvalue weighted by atomic mass is 10.2. The summed E-state index contributed by atoms with van der Waals surface area (Å²) in [6, 6.07) is -0.109. The Bertz CT molecular complexity index is 1720. The van der Waals surface area contributed by atoms with E-state index in [1.807, 2.05) is 41.5 Å². The molecule has 0 spiro atoms. The first-order valence-corrected chi connectivity index (χ1v) is 24.9. The Balaban J connectivity index is 0.000000438. The van der Waals surface area contributed by atoms with Gasteiger partial charge >= 0.3 is 24.1 Å². The topological polar surface area (TPSA) is 304 Å². The molecule has 4 aliphatic heterocycles. The highest BCUT2D eigenvalue weighted by Crippen LogP contribution is 2.21. The summed E-state index contributed by atoms with van der Waals surface area (Å²) in [5, 5.41) is 12.8. The van der Waals surface area contributed by atoms with Crippen LogP contribution in [0.1, 0.15) is 106 Å². The number of hydrogen-bond acceptors (Lipinski definition) is 20. The van der Waals surface area contributed by atoms with Crippen molar-refractivity contribution in [2.24, 2.45) is 5.11 Å². The van der Waals surface area contributed by atoms with Crippen LogP contribution in [0.4, 0.5) is 9.59 Å². The van der Waals surface area contributed by atoms with Crippen LogP contribution in [0.25, 0.3) is 10.4 Å². The van der Waals surface area contributed by atoms with Crippen molar-refractivity contribution in [2.75, 3.05) is 72.7 Å². The molecule has 4 rings (SSSR count). The molecule has 26 heteroatoms. The van der Waals surface area contributed by atoms with Gasteiger partial charge < -0.3 is 52.8 Å². The number of esters is 2. The van der Waals surface area contributed by atoms with Crippen molar-refractivity contribution in [1.29, 1.82) is 0 Å². The van der Waals surface area contributed by atoms with Gasteiger partial charge in [0.1, 0.15) is 11.2 Å². The van der Waals surface area contributed by atoms with Crippen molar-refractivity contribution in [3.05, 3.63) is 10.4 Å². The normalized spacial score (nSPS) is 22.1. The molecule has 4 fully saturated rings. The van der Waals surface area contributed by atoms with Crippen molar-refractivity contribution < 1.29 is 87.4 Å². The predicted octanol–water partition coefficient (Wildman–Crippen LogP) is 4.13. The number of azide groups is 1. The second kappa shape index (κ2) is 29.2. The second-order valence-corrected chi connectivity index (χ2v) is 20.4. The number of aliphatic hydroxyl groups is 1. The third kappa shape index (κ3) is 29.6. The lowest BCUT2D eigenvalue weighted by molar-refractivity contribution is -0.232. The molecule has 0 bridgehead atoms. The van der Waals surface area contributed by atoms with E-state index in [2.05, 4.69) is 23.7 Å². The molecule has 2 unspecified atom stereocenters. The maximum absolute atomic E-state index is 11.6. The van der Waals surface area contributed by atoms with Crippen LogP contribution in [-0.4, -0.2) is 177 Å². The Morgan fingerprint density at radius 2 is 1.29 bits per heavy atom. The first-order chi connectivity index (χ1) is 30.1. The summed E-state index contributed by atoms with van der Waals surface area (Å²) in [7, 11) is -4.81. The minimum Gasteiger partial charge on any atom is -0.469 e. The van der Waals surface area contributed by atoms with E-state index >= 15 is 0 Å². The monoisotopic (exact) mass is 977 g/mol. The van der Waals surface area contributed by atoms with Gasteiger partial charge in [-0.2, -0.15) is 16.8 Å². The van der Waals surface area contributed by atoms with Crippen molar-refractivity contribution in [3.63, 3.8) is 0 Å². The number of rotatable bonds is 14. The van der Waals surface area contributed by atoms with Crippen LogP contribution >= 0.6 is 0 Å². The molecule has 4 heterocycles. The number of ether oxygens (including phenoxy) is 8. The first-order valence-electron chi connectivity index (χ1n) is 21.2. The number of methoxy groups -OCH3 is 2. The number of carbonyl (C=O) groups excluding carboxylic acids is 4. The first kappa shape index (κ1) is 59.4. The zero-order valence-electron chi connectivity index (χ0n) is 39.3. The highest BCUT2D eigenvalue weighted by Gasteiger charge is 2.31. The SMILES string of the molecule is CC(C)(C)OC(=O)N1CC[C@@H](N=[N+]=[N-])C1.CC(C)(C)OC(=O)N1CC[C@H](O)C1.COC(=O)C[C@H](OC1CCCCO1)C(=O)OC.CS(=O)(=O)OCC[C@H](OC1CCCCO1)OS(C)(=O)=O. The fourth-order valence-electron chi connectivity index (χ4n) is 5.81. The Kier molecular flexibility index (Phi) is 26.7. The van der Waals surface area contributed by atoms with Crippen molar-refractivity contribution >= 4 is 44.4 Å². The maximum atomic E-state index is 11.6. The van der Waals surface area contributed by atoms with E-state index in [1.165, 1.54) is 19.1 Å². The minimum atomic E-state index is -3.73. The van der Waals surface area contributed by atoms with Crippen LogP contribution in [0.2, 0.25) is 0 Å². The highest BCUT2D eigenvalue weighted by atomic mass is 32.2. The Morgan fingerprint density at radius 1 is 0.769 bits per heavy atom. The average Bonchev–Trinajstić information content (AvgIpc) is 3.86. The van der Waals surface area contributed by atoms with Crippen molar-refractivity contribution in [2.45, 2.75) is 154 Å². The standard InChI is InChI=1S/C11H18O6.C10H20O8S2.C9H16N4O2.C9H17NO3/c1-14-9(12)7-8(11(13)15-2)17-10-5-3-4-6-16-10;1-19(11,12)16-8-6-10(18-20(2,13)14)17-9-5-3-4-7-15-9;1-9(2,3)15-8(14)13-5-4-7(6-13)11-12-10;1-9(2,3)13-8(12)10-5-4-7(11)6-10/h8,10H,3-7H2,1-2H3;9-10H,3-8H2,1-2H3;7H,4-6H2,1-3H3;7,11H,4-6H2,1-3H3/t8-,10?;9?,10-;2*7-/m0110/s1. The molecule has 378 valence electrons. The van der Waals surface area contributed by atoms with Crippen LogP contribution < -0.4 is 0 Å². The summed E-state index contributed by atoms with van der Waals surface area (Å²) in [5.41, 5.74) is 7.33. The van der Waals surface area contributed by atoms with E-state index in [0.717, 1.165) is 38.2 Å². The van der Waals surface area contributed by atoms with Gasteiger partial charge in [-0.25, -0.2) is 18.6 Å². The lowest BCUT2D eigenvalue weighted by Gasteiger charge is -2.26. The Labute approximate surface area is 382 Å². The van der Waals surface area contributed by atoms with E-state index in [4.69, 9.17) is 38.1 Å². The van der Waals surface area contributed by atoms with E-state index in [1.54, 1.807) is 4.90 Å². The Morgan fingerprint density at radius 3 is 1.71 bits per heavy atom. The second-order valence-electron chi connectivity index (χ2n) is 17.1. The van der Waals surface area contributed by atoms with E-state index in [-0.39, 0.29) is 43.8 Å². The van der Waals surface area contributed by atoms with Crippen LogP contribution in [0.15, 0.2) is 5.11 Å². The van der Waals surface area contributed by atoms with Crippen molar-refractivity contribution in [3.8, 4) is 0 Å². The molecule has 65 heavy (non-hydrogen) atoms. The van der Waals surface area contributed by atoms with Gasteiger partial charge in [-0.05, 0) is 98.4 Å². The quantitative estimate of drug-likeness (QED) is 0.0486. The minimum absolute atomic E-state index is 0.0417. The van der Waals surface area contributed by atoms with Crippen LogP contribution in [0, 0.1) is 0 Å². The molecule has 0 aliphatic carbocycles. The lowest BCUT2D eigenvalue weighted by Crippen LogP contribution is -2.35. The van der Waals surface area contributed by atoms with Crippen LogP contribution in [0.5, 0.6) is 0 Å². The van der Waals surface area contributed by atoms with Crippen LogP contribution in [-0.2, 0) is 76.1 Å². The van der Waals surface area contributed by atoms with Gasteiger partial charge in [0.25, 0.3) is 20.2 Å². The largest absolute Gasteiger partial charge is 0.469 e. The van der Waals surface area contributed by atoms with Gasteiger partial charge in [0.15, 0.2) is 25.0 Å². The molecule has 4 aliphatic rings. The summed E-state index contributed by atoms with van der Waals surface area (Å²) in [4.78, 5) is 51.4. The molecule has 6 atom stereocenters. The number of amides is 2. The molecule has 0 aromatic rings. The number of nitrogens with zero attached hydrogens (tertiary/aromatic N) is 5. The number of hydrogen-bond donors (Lipinski definition) is 1. The number of aliphatic hydroxyl groups excluding tert-OH is 1. The highest BCUT2D eigenvalue weighted by molar-refractivity contribution is 7.86. The molecule has 0 radical (unpaired) electrons. The third-order valence-corrected chi connectivity index (χ3v) is 9.88. The number of β-amino-alcohol motifs (C(OH)–C–C–N with tert-alkyl or cyclic N) is 1.